The van der Waals surface area contributed by atoms with Gasteiger partial charge in [-0.3, -0.25) is 4.79 Å². The van der Waals surface area contributed by atoms with Crippen LogP contribution in [0.4, 0.5) is 0 Å². The minimum absolute atomic E-state index is 0.212. The van der Waals surface area contributed by atoms with Gasteiger partial charge in [-0.2, -0.15) is 0 Å². The van der Waals surface area contributed by atoms with Crippen LogP contribution in [-0.4, -0.2) is 23.4 Å². The zero-order valence-corrected chi connectivity index (χ0v) is 20.1. The topological polar surface area (TPSA) is 66.8 Å². The highest BCUT2D eigenvalue weighted by Crippen LogP contribution is 2.36. The number of ketones is 1. The van der Waals surface area contributed by atoms with Gasteiger partial charge in [0.15, 0.2) is 5.76 Å². The molecule has 0 saturated heterocycles. The second-order valence-corrected chi connectivity index (χ2v) is 8.66. The molecule has 0 unspecified atom stereocenters. The van der Waals surface area contributed by atoms with Gasteiger partial charge in [0.1, 0.15) is 17.2 Å². The number of ether oxygens (including phenoxy) is 3. The van der Waals surface area contributed by atoms with Crippen molar-refractivity contribution in [3.05, 3.63) is 93.8 Å². The van der Waals surface area contributed by atoms with Crippen LogP contribution >= 0.6 is 15.9 Å². The lowest BCUT2D eigenvalue weighted by Crippen LogP contribution is -2.08. The number of halogens is 1. The summed E-state index contributed by atoms with van der Waals surface area (Å²) in [7, 11) is 1.62. The van der Waals surface area contributed by atoms with Crippen molar-refractivity contribution < 1.29 is 23.8 Å². The highest BCUT2D eigenvalue weighted by atomic mass is 79.9. The Morgan fingerprint density at radius 3 is 2.56 bits per heavy atom. The van der Waals surface area contributed by atoms with E-state index >= 15 is 0 Å². The first-order chi connectivity index (χ1) is 16.5. The fourth-order valence-electron chi connectivity index (χ4n) is 3.93. The van der Waals surface area contributed by atoms with Crippen LogP contribution in [0.2, 0.25) is 0 Å². The number of rotatable bonds is 5. The number of aryl methyl sites for hydroxylation is 1. The van der Waals surface area contributed by atoms with E-state index in [1.54, 1.807) is 55.7 Å². The van der Waals surface area contributed by atoms with Crippen molar-refractivity contribution in [1.82, 2.24) is 4.57 Å². The molecule has 0 aliphatic carbocycles. The number of aromatic nitrogens is 1. The fourth-order valence-corrected chi connectivity index (χ4v) is 4.20. The molecule has 6 nitrogen and oxygen atoms in total. The first kappa shape index (κ1) is 22.0. The SMILES string of the molecule is CCn1cc(/C=C2\Oc3cc(OC(=O)c4ccc(Br)cc4)ccc3C2=O)c2cc(OC)ccc21. The summed E-state index contributed by atoms with van der Waals surface area (Å²) in [6, 6.07) is 17.5. The summed E-state index contributed by atoms with van der Waals surface area (Å²) < 4.78 is 19.7. The van der Waals surface area contributed by atoms with Crippen LogP contribution in [-0.2, 0) is 6.54 Å². The molecule has 1 aliphatic heterocycles. The molecule has 170 valence electrons. The highest BCUT2D eigenvalue weighted by Gasteiger charge is 2.28. The van der Waals surface area contributed by atoms with Crippen molar-refractivity contribution in [2.75, 3.05) is 7.11 Å². The maximum Gasteiger partial charge on any atom is 0.343 e. The Labute approximate surface area is 204 Å². The Bertz CT molecular complexity index is 1470. The molecule has 0 radical (unpaired) electrons. The van der Waals surface area contributed by atoms with Crippen molar-refractivity contribution >= 4 is 44.7 Å². The molecule has 0 spiro atoms. The summed E-state index contributed by atoms with van der Waals surface area (Å²) in [5.74, 6) is 0.890. The van der Waals surface area contributed by atoms with Gasteiger partial charge in [-0.25, -0.2) is 4.79 Å². The van der Waals surface area contributed by atoms with Crippen LogP contribution in [0.3, 0.4) is 0 Å². The van der Waals surface area contributed by atoms with Gasteiger partial charge in [0.2, 0.25) is 5.78 Å². The van der Waals surface area contributed by atoms with Gasteiger partial charge in [-0.15, -0.1) is 0 Å². The number of carbonyl (C=O) groups excluding carboxylic acids is 2. The molecule has 5 rings (SSSR count). The van der Waals surface area contributed by atoms with E-state index in [-0.39, 0.29) is 11.5 Å². The molecule has 0 fully saturated rings. The third kappa shape index (κ3) is 3.99. The number of allylic oxidation sites excluding steroid dienone is 1. The molecule has 0 bridgehead atoms. The second kappa shape index (κ2) is 8.83. The molecule has 0 N–H and O–H groups in total. The van der Waals surface area contributed by atoms with Crippen LogP contribution in [0.5, 0.6) is 17.2 Å². The van der Waals surface area contributed by atoms with E-state index in [1.807, 2.05) is 24.4 Å². The Kier molecular flexibility index (Phi) is 5.71. The van der Waals surface area contributed by atoms with Crippen molar-refractivity contribution in [2.45, 2.75) is 13.5 Å². The number of fused-ring (bicyclic) bond motifs is 2. The molecule has 0 saturated carbocycles. The smallest absolute Gasteiger partial charge is 0.343 e. The van der Waals surface area contributed by atoms with Gasteiger partial charge >= 0.3 is 5.97 Å². The van der Waals surface area contributed by atoms with Crippen molar-refractivity contribution in [3.63, 3.8) is 0 Å². The first-order valence-corrected chi connectivity index (χ1v) is 11.5. The maximum absolute atomic E-state index is 13.0. The predicted molar refractivity (Wildman–Crippen MR) is 133 cm³/mol. The van der Waals surface area contributed by atoms with E-state index in [4.69, 9.17) is 14.2 Å². The lowest BCUT2D eigenvalue weighted by atomic mass is 10.1. The van der Waals surface area contributed by atoms with E-state index in [0.29, 0.717) is 22.6 Å². The van der Waals surface area contributed by atoms with E-state index in [1.165, 1.54) is 0 Å². The molecule has 0 atom stereocenters. The standard InChI is InChI=1S/C27H20BrNO5/c1-3-29-15-17(22-13-19(32-2)9-11-23(22)29)12-25-26(30)21-10-8-20(14-24(21)34-25)33-27(31)16-4-6-18(28)7-5-16/h4-15H,3H2,1-2H3/b25-12-. The fraction of sp³-hybridized carbons (Fsp3) is 0.111. The Balaban J connectivity index is 1.43. The van der Waals surface area contributed by atoms with Gasteiger partial charge in [0.05, 0.1) is 18.2 Å². The van der Waals surface area contributed by atoms with Gasteiger partial charge in [-0.1, -0.05) is 15.9 Å². The number of hydrogen-bond donors (Lipinski definition) is 0. The van der Waals surface area contributed by atoms with Crippen molar-refractivity contribution in [1.29, 1.82) is 0 Å². The molecule has 4 aromatic rings. The van der Waals surface area contributed by atoms with Crippen LogP contribution in [0.25, 0.3) is 17.0 Å². The molecule has 0 amide bonds. The number of methoxy groups -OCH3 is 1. The van der Waals surface area contributed by atoms with Crippen LogP contribution in [0, 0.1) is 0 Å². The van der Waals surface area contributed by atoms with Crippen LogP contribution in [0.15, 0.2) is 77.1 Å². The molecule has 34 heavy (non-hydrogen) atoms. The Morgan fingerprint density at radius 2 is 1.82 bits per heavy atom. The molecule has 2 heterocycles. The molecule has 1 aromatic heterocycles. The minimum Gasteiger partial charge on any atom is -0.497 e. The van der Waals surface area contributed by atoms with Crippen molar-refractivity contribution in [3.8, 4) is 17.2 Å². The van der Waals surface area contributed by atoms with Crippen molar-refractivity contribution in [2.24, 2.45) is 0 Å². The number of Topliss-reactive ketones (excluding diaryl/α,β-unsaturated/α-hetero) is 1. The number of hydrogen-bond acceptors (Lipinski definition) is 5. The molecule has 3 aromatic carbocycles. The summed E-state index contributed by atoms with van der Waals surface area (Å²) in [4.78, 5) is 25.4. The maximum atomic E-state index is 13.0. The van der Waals surface area contributed by atoms with E-state index in [9.17, 15) is 9.59 Å². The van der Waals surface area contributed by atoms with E-state index in [2.05, 4.69) is 27.4 Å². The van der Waals surface area contributed by atoms with Crippen LogP contribution < -0.4 is 14.2 Å². The van der Waals surface area contributed by atoms with E-state index < -0.39 is 5.97 Å². The molecular weight excluding hydrogens is 498 g/mol. The summed E-state index contributed by atoms with van der Waals surface area (Å²) in [6.45, 7) is 2.85. The third-order valence-corrected chi connectivity index (χ3v) is 6.21. The lowest BCUT2D eigenvalue weighted by Gasteiger charge is -2.06. The number of nitrogens with zero attached hydrogens (tertiary/aromatic N) is 1. The first-order valence-electron chi connectivity index (χ1n) is 10.7. The highest BCUT2D eigenvalue weighted by molar-refractivity contribution is 9.10. The second-order valence-electron chi connectivity index (χ2n) is 7.75. The Hall–Kier alpha value is -3.84. The number of esters is 1. The van der Waals surface area contributed by atoms with E-state index in [0.717, 1.165) is 33.2 Å². The summed E-state index contributed by atoms with van der Waals surface area (Å²) in [6.07, 6.45) is 3.73. The third-order valence-electron chi connectivity index (χ3n) is 5.68. The van der Waals surface area contributed by atoms with Gasteiger partial charge < -0.3 is 18.8 Å². The zero-order chi connectivity index (χ0) is 23.8. The largest absolute Gasteiger partial charge is 0.497 e. The molecule has 7 heteroatoms. The minimum atomic E-state index is -0.492. The lowest BCUT2D eigenvalue weighted by molar-refractivity contribution is 0.0734. The van der Waals surface area contributed by atoms with Gasteiger partial charge in [-0.05, 0) is 67.6 Å². The van der Waals surface area contributed by atoms with Crippen LogP contribution in [0.1, 0.15) is 33.2 Å². The quantitative estimate of drug-likeness (QED) is 0.177. The number of carbonyl (C=O) groups is 2. The summed E-state index contributed by atoms with van der Waals surface area (Å²) >= 11 is 3.34. The van der Waals surface area contributed by atoms with Gasteiger partial charge in [0, 0.05) is 39.7 Å². The number of benzene rings is 3. The Morgan fingerprint density at radius 1 is 1.06 bits per heavy atom. The average Bonchev–Trinajstić information content (AvgIpc) is 3.35. The monoisotopic (exact) mass is 517 g/mol. The predicted octanol–water partition coefficient (Wildman–Crippen LogP) is 6.27. The summed E-state index contributed by atoms with van der Waals surface area (Å²) in [5, 5.41) is 0.963. The summed E-state index contributed by atoms with van der Waals surface area (Å²) in [5.41, 5.74) is 2.74. The average molecular weight is 518 g/mol. The normalized spacial score (nSPS) is 13.7. The molecule has 1 aliphatic rings. The van der Waals surface area contributed by atoms with Gasteiger partial charge in [0.25, 0.3) is 0 Å². The molecular formula is C27H20BrNO5. The zero-order valence-electron chi connectivity index (χ0n) is 18.5.